The van der Waals surface area contributed by atoms with Crippen molar-refractivity contribution in [1.29, 1.82) is 0 Å². The topological polar surface area (TPSA) is 91.9 Å². The van der Waals surface area contributed by atoms with Gasteiger partial charge in [-0.25, -0.2) is 8.42 Å². The van der Waals surface area contributed by atoms with Gasteiger partial charge in [-0.05, 0) is 24.6 Å². The third-order valence-corrected chi connectivity index (χ3v) is 6.16. The van der Waals surface area contributed by atoms with Gasteiger partial charge in [0.2, 0.25) is 5.91 Å². The summed E-state index contributed by atoms with van der Waals surface area (Å²) < 4.78 is 22.9. The minimum atomic E-state index is -3.00. The minimum absolute atomic E-state index is 0.0200. The molecule has 2 N–H and O–H groups in total. The Morgan fingerprint density at radius 3 is 2.88 bits per heavy atom. The lowest BCUT2D eigenvalue weighted by Gasteiger charge is -2.07. The molecule has 1 fully saturated rings. The molecular weight excluding hydrogens is 338 g/mol. The van der Waals surface area contributed by atoms with Gasteiger partial charge in [0.1, 0.15) is 0 Å². The van der Waals surface area contributed by atoms with E-state index in [0.29, 0.717) is 12.1 Å². The van der Waals surface area contributed by atoms with Gasteiger partial charge in [0.25, 0.3) is 0 Å². The Morgan fingerprint density at radius 2 is 2.08 bits per heavy atom. The van der Waals surface area contributed by atoms with Gasteiger partial charge in [-0.3, -0.25) is 9.78 Å². The van der Waals surface area contributed by atoms with Crippen molar-refractivity contribution in [3.8, 4) is 0 Å². The van der Waals surface area contributed by atoms with Gasteiger partial charge in [0.05, 0.1) is 28.9 Å². The zero-order valence-electron chi connectivity index (χ0n) is 13.4. The van der Waals surface area contributed by atoms with Crippen LogP contribution in [0.3, 0.4) is 0 Å². The van der Waals surface area contributed by atoms with Crippen molar-refractivity contribution < 1.29 is 13.2 Å². The van der Waals surface area contributed by atoms with E-state index in [2.05, 4.69) is 15.3 Å². The molecule has 6 nitrogen and oxygen atoms in total. The van der Waals surface area contributed by atoms with E-state index < -0.39 is 9.84 Å². The molecule has 1 amide bonds. The third-order valence-electron chi connectivity index (χ3n) is 4.40. The van der Waals surface area contributed by atoms with Gasteiger partial charge in [0, 0.05) is 28.4 Å². The molecule has 3 aromatic rings. The Bertz CT molecular complexity index is 1100. The maximum atomic E-state index is 12.0. The Morgan fingerprint density at radius 1 is 1.24 bits per heavy atom. The first-order valence-corrected chi connectivity index (χ1v) is 9.88. The number of fused-ring (bicyclic) bond motifs is 3. The number of hydrogen-bond donors (Lipinski definition) is 2. The SMILES string of the molecule is O=C(/C=C/c1cc2c(cn1)[nH]c1ccccc12)NC1CCS(=O)(=O)C1. The van der Waals surface area contributed by atoms with Gasteiger partial charge in [0.15, 0.2) is 9.84 Å². The van der Waals surface area contributed by atoms with E-state index >= 15 is 0 Å². The zero-order chi connectivity index (χ0) is 17.4. The Balaban J connectivity index is 1.53. The number of benzene rings is 1. The van der Waals surface area contributed by atoms with Crippen LogP contribution >= 0.6 is 0 Å². The summed E-state index contributed by atoms with van der Waals surface area (Å²) in [4.78, 5) is 19.6. The molecule has 1 aliphatic heterocycles. The molecule has 1 saturated heterocycles. The van der Waals surface area contributed by atoms with Crippen LogP contribution in [0, 0.1) is 0 Å². The fraction of sp³-hybridized carbons (Fsp3) is 0.222. The summed E-state index contributed by atoms with van der Waals surface area (Å²) in [6.45, 7) is 0. The fourth-order valence-corrected chi connectivity index (χ4v) is 4.85. The number of aromatic amines is 1. The lowest BCUT2D eigenvalue weighted by molar-refractivity contribution is -0.116. The summed E-state index contributed by atoms with van der Waals surface area (Å²) in [6.07, 6.45) is 5.26. The average Bonchev–Trinajstić information content (AvgIpc) is 3.12. The van der Waals surface area contributed by atoms with Crippen LogP contribution < -0.4 is 5.32 Å². The van der Waals surface area contributed by atoms with Crippen LogP contribution in [0.2, 0.25) is 0 Å². The molecule has 1 aromatic carbocycles. The lowest BCUT2D eigenvalue weighted by atomic mass is 10.1. The number of pyridine rings is 1. The standard InChI is InChI=1S/C18H17N3O3S/c22-18(20-13-7-8-25(23,24)11-13)6-5-12-9-15-14-3-1-2-4-16(14)21-17(15)10-19-12/h1-6,9-10,13,21H,7-8,11H2,(H,20,22)/b6-5+. The van der Waals surface area contributed by atoms with Crippen LogP contribution in [0.25, 0.3) is 27.9 Å². The first-order chi connectivity index (χ1) is 12.0. The summed E-state index contributed by atoms with van der Waals surface area (Å²) in [6, 6.07) is 9.63. The number of nitrogens with zero attached hydrogens (tertiary/aromatic N) is 1. The van der Waals surface area contributed by atoms with Crippen LogP contribution in [0.15, 0.2) is 42.6 Å². The monoisotopic (exact) mass is 355 g/mol. The molecule has 1 atom stereocenters. The number of amides is 1. The molecule has 128 valence electrons. The number of carbonyl (C=O) groups excluding carboxylic acids is 1. The summed E-state index contributed by atoms with van der Waals surface area (Å²) in [5.41, 5.74) is 2.66. The lowest BCUT2D eigenvalue weighted by Crippen LogP contribution is -2.34. The van der Waals surface area contributed by atoms with Crippen LogP contribution in [0.5, 0.6) is 0 Å². The van der Waals surface area contributed by atoms with Gasteiger partial charge < -0.3 is 10.3 Å². The van der Waals surface area contributed by atoms with Crippen molar-refractivity contribution in [1.82, 2.24) is 15.3 Å². The second kappa shape index (κ2) is 6.00. The predicted molar refractivity (Wildman–Crippen MR) is 97.8 cm³/mol. The summed E-state index contributed by atoms with van der Waals surface area (Å²) >= 11 is 0. The van der Waals surface area contributed by atoms with Crippen LogP contribution in [-0.4, -0.2) is 41.8 Å². The van der Waals surface area contributed by atoms with Crippen molar-refractivity contribution >= 4 is 43.6 Å². The molecule has 0 bridgehead atoms. The van der Waals surface area contributed by atoms with Crippen molar-refractivity contribution in [3.63, 3.8) is 0 Å². The Labute approximate surface area is 144 Å². The number of hydrogen-bond acceptors (Lipinski definition) is 4. The maximum absolute atomic E-state index is 12.0. The second-order valence-corrected chi connectivity index (χ2v) is 8.50. The molecule has 0 saturated carbocycles. The number of aromatic nitrogens is 2. The molecule has 1 aliphatic rings. The van der Waals surface area contributed by atoms with Crippen molar-refractivity contribution in [2.45, 2.75) is 12.5 Å². The normalized spacial score (nSPS) is 19.8. The molecule has 1 unspecified atom stereocenters. The molecule has 0 aliphatic carbocycles. The number of nitrogens with one attached hydrogen (secondary N) is 2. The van der Waals surface area contributed by atoms with Crippen molar-refractivity contribution in [2.24, 2.45) is 0 Å². The molecule has 0 radical (unpaired) electrons. The van der Waals surface area contributed by atoms with E-state index in [4.69, 9.17) is 0 Å². The highest BCUT2D eigenvalue weighted by molar-refractivity contribution is 7.91. The van der Waals surface area contributed by atoms with Crippen LogP contribution in [0.4, 0.5) is 0 Å². The minimum Gasteiger partial charge on any atom is -0.353 e. The van der Waals surface area contributed by atoms with E-state index in [1.54, 1.807) is 12.3 Å². The number of rotatable bonds is 3. The maximum Gasteiger partial charge on any atom is 0.244 e. The van der Waals surface area contributed by atoms with Gasteiger partial charge in [-0.1, -0.05) is 18.2 Å². The highest BCUT2D eigenvalue weighted by atomic mass is 32.2. The second-order valence-electron chi connectivity index (χ2n) is 6.27. The third kappa shape index (κ3) is 3.28. The number of H-pyrrole nitrogens is 1. The average molecular weight is 355 g/mol. The predicted octanol–water partition coefficient (Wildman–Crippen LogP) is 2.03. The van der Waals surface area contributed by atoms with Crippen LogP contribution in [0.1, 0.15) is 12.1 Å². The Kier molecular flexibility index (Phi) is 3.80. The highest BCUT2D eigenvalue weighted by Gasteiger charge is 2.28. The van der Waals surface area contributed by atoms with Gasteiger partial charge >= 0.3 is 0 Å². The zero-order valence-corrected chi connectivity index (χ0v) is 14.2. The number of para-hydroxylation sites is 1. The number of carbonyl (C=O) groups is 1. The van der Waals surface area contributed by atoms with Crippen LogP contribution in [-0.2, 0) is 14.6 Å². The summed E-state index contributed by atoms with van der Waals surface area (Å²) in [5.74, 6) is -0.144. The summed E-state index contributed by atoms with van der Waals surface area (Å²) in [5, 5.41) is 4.88. The van der Waals surface area contributed by atoms with E-state index in [0.717, 1.165) is 21.8 Å². The van der Waals surface area contributed by atoms with E-state index in [9.17, 15) is 13.2 Å². The molecule has 0 spiro atoms. The van der Waals surface area contributed by atoms with Crippen molar-refractivity contribution in [3.05, 3.63) is 48.3 Å². The van der Waals surface area contributed by atoms with E-state index in [1.165, 1.54) is 6.08 Å². The largest absolute Gasteiger partial charge is 0.353 e. The Hall–Kier alpha value is -2.67. The van der Waals surface area contributed by atoms with Gasteiger partial charge in [-0.2, -0.15) is 0 Å². The molecule has 7 heteroatoms. The number of sulfone groups is 1. The molecule has 2 aromatic heterocycles. The molecule has 25 heavy (non-hydrogen) atoms. The smallest absolute Gasteiger partial charge is 0.244 e. The van der Waals surface area contributed by atoms with Gasteiger partial charge in [-0.15, -0.1) is 0 Å². The summed E-state index contributed by atoms with van der Waals surface area (Å²) in [7, 11) is -3.00. The molecule has 3 heterocycles. The highest BCUT2D eigenvalue weighted by Crippen LogP contribution is 2.25. The van der Waals surface area contributed by atoms with E-state index in [1.807, 2.05) is 30.3 Å². The molecule has 4 rings (SSSR count). The quantitative estimate of drug-likeness (QED) is 0.703. The fourth-order valence-electron chi connectivity index (χ4n) is 3.18. The molecular formula is C18H17N3O3S. The van der Waals surface area contributed by atoms with Crippen molar-refractivity contribution in [2.75, 3.05) is 11.5 Å². The first kappa shape index (κ1) is 15.8. The van der Waals surface area contributed by atoms with E-state index in [-0.39, 0.29) is 23.5 Å². The first-order valence-electron chi connectivity index (χ1n) is 8.06.